The van der Waals surface area contributed by atoms with Crippen molar-refractivity contribution in [2.24, 2.45) is 17.3 Å². The van der Waals surface area contributed by atoms with Crippen molar-refractivity contribution in [2.75, 3.05) is 6.54 Å². The van der Waals surface area contributed by atoms with Gasteiger partial charge in [0.25, 0.3) is 0 Å². The van der Waals surface area contributed by atoms with Crippen molar-refractivity contribution in [3.8, 4) is 5.75 Å². The van der Waals surface area contributed by atoms with Gasteiger partial charge in [-0.15, -0.1) is 23.2 Å². The summed E-state index contributed by atoms with van der Waals surface area (Å²) in [5.41, 5.74) is 0.597. The number of alkyl halides is 2. The number of fused-ring (bicyclic) bond motifs is 2. The maximum atomic E-state index is 13.6. The SMILES string of the molecule is CC(=O)c1nn(CC(=O)N2[C@@H]3C[C@@H]3C[C@H]2C(=O)NC[C@H]2C(C)(C)C2(Cl)Cl)c2ccc(OCc3ncccn3)cc12. The van der Waals surface area contributed by atoms with Crippen LogP contribution in [0.3, 0.4) is 0 Å². The van der Waals surface area contributed by atoms with Crippen LogP contribution in [0.5, 0.6) is 5.75 Å². The monoisotopic (exact) mass is 584 g/mol. The fraction of sp³-hybridized carbons (Fsp3) is 0.500. The average molecular weight is 585 g/mol. The topological polar surface area (TPSA) is 119 Å². The van der Waals surface area contributed by atoms with E-state index < -0.39 is 10.4 Å². The summed E-state index contributed by atoms with van der Waals surface area (Å²) in [7, 11) is 0. The zero-order chi connectivity index (χ0) is 28.4. The number of ether oxygens (including phenoxy) is 1. The van der Waals surface area contributed by atoms with Gasteiger partial charge >= 0.3 is 0 Å². The van der Waals surface area contributed by atoms with Gasteiger partial charge in [0.15, 0.2) is 11.6 Å². The van der Waals surface area contributed by atoms with Gasteiger partial charge in [-0.1, -0.05) is 13.8 Å². The number of piperidine rings is 1. The lowest BCUT2D eigenvalue weighted by Crippen LogP contribution is -2.49. The summed E-state index contributed by atoms with van der Waals surface area (Å²) in [6.45, 7) is 5.83. The van der Waals surface area contributed by atoms with Crippen molar-refractivity contribution in [2.45, 2.75) is 63.2 Å². The van der Waals surface area contributed by atoms with Crippen LogP contribution in [0, 0.1) is 17.3 Å². The van der Waals surface area contributed by atoms with Gasteiger partial charge < -0.3 is 15.0 Å². The minimum Gasteiger partial charge on any atom is -0.486 e. The van der Waals surface area contributed by atoms with E-state index in [9.17, 15) is 14.4 Å². The fourth-order valence-electron chi connectivity index (χ4n) is 5.90. The summed E-state index contributed by atoms with van der Waals surface area (Å²) in [6.07, 6.45) is 4.80. The Morgan fingerprint density at radius 3 is 2.55 bits per heavy atom. The lowest BCUT2D eigenvalue weighted by molar-refractivity contribution is -0.140. The van der Waals surface area contributed by atoms with E-state index in [0.717, 1.165) is 6.42 Å². The molecule has 12 heteroatoms. The maximum absolute atomic E-state index is 13.6. The van der Waals surface area contributed by atoms with Crippen LogP contribution in [0.15, 0.2) is 36.7 Å². The van der Waals surface area contributed by atoms with Crippen LogP contribution >= 0.6 is 23.2 Å². The van der Waals surface area contributed by atoms with Crippen LogP contribution in [-0.2, 0) is 22.7 Å². The first-order valence-electron chi connectivity index (χ1n) is 13.4. The van der Waals surface area contributed by atoms with E-state index in [2.05, 4.69) is 20.4 Å². The average Bonchev–Trinajstić information content (AvgIpc) is 3.59. The van der Waals surface area contributed by atoms with Crippen molar-refractivity contribution in [1.82, 2.24) is 30.0 Å². The molecule has 1 aliphatic heterocycles. The summed E-state index contributed by atoms with van der Waals surface area (Å²) < 4.78 is 6.49. The molecule has 210 valence electrons. The van der Waals surface area contributed by atoms with E-state index in [1.807, 2.05) is 13.8 Å². The van der Waals surface area contributed by atoms with Crippen LogP contribution in [0.1, 0.15) is 49.9 Å². The van der Waals surface area contributed by atoms with E-state index in [0.29, 0.717) is 41.4 Å². The molecule has 1 aromatic carbocycles. The van der Waals surface area contributed by atoms with Crippen LogP contribution in [0.4, 0.5) is 0 Å². The number of benzene rings is 1. The minimum atomic E-state index is -0.872. The maximum Gasteiger partial charge on any atom is 0.245 e. The second-order valence-corrected chi connectivity index (χ2v) is 12.8. The molecule has 0 spiro atoms. The van der Waals surface area contributed by atoms with Gasteiger partial charge in [0, 0.05) is 48.6 Å². The molecule has 2 amide bonds. The molecule has 3 aromatic rings. The summed E-state index contributed by atoms with van der Waals surface area (Å²) in [5.74, 6) is 0.715. The third-order valence-electron chi connectivity index (χ3n) is 8.59. The van der Waals surface area contributed by atoms with Crippen molar-refractivity contribution >= 4 is 51.7 Å². The molecule has 2 saturated carbocycles. The van der Waals surface area contributed by atoms with Crippen molar-refractivity contribution in [1.29, 1.82) is 0 Å². The van der Waals surface area contributed by atoms with Gasteiger partial charge in [-0.2, -0.15) is 5.10 Å². The van der Waals surface area contributed by atoms with E-state index in [4.69, 9.17) is 27.9 Å². The highest BCUT2D eigenvalue weighted by Crippen LogP contribution is 2.68. The number of carbonyl (C=O) groups excluding carboxylic acids is 3. The number of amides is 2. The van der Waals surface area contributed by atoms with E-state index in [-0.39, 0.29) is 53.8 Å². The Morgan fingerprint density at radius 2 is 1.88 bits per heavy atom. The number of likely N-dealkylation sites (tertiary alicyclic amines) is 1. The Balaban J connectivity index is 1.17. The third-order valence-corrected chi connectivity index (χ3v) is 10.1. The number of ketones is 1. The quantitative estimate of drug-likeness (QED) is 0.301. The first kappa shape index (κ1) is 27.0. The summed E-state index contributed by atoms with van der Waals surface area (Å²) in [5, 5.41) is 8.04. The number of hydrogen-bond acceptors (Lipinski definition) is 7. The summed E-state index contributed by atoms with van der Waals surface area (Å²) >= 11 is 12.7. The molecule has 2 aliphatic carbocycles. The lowest BCUT2D eigenvalue weighted by Gasteiger charge is -2.27. The van der Waals surface area contributed by atoms with Crippen LogP contribution in [0.25, 0.3) is 10.9 Å². The predicted octanol–water partition coefficient (Wildman–Crippen LogP) is 3.54. The molecule has 3 fully saturated rings. The number of rotatable bonds is 9. The van der Waals surface area contributed by atoms with Crippen molar-refractivity contribution in [3.63, 3.8) is 0 Å². The van der Waals surface area contributed by atoms with Gasteiger partial charge in [0.1, 0.15) is 35.0 Å². The molecule has 40 heavy (non-hydrogen) atoms. The molecule has 10 nitrogen and oxygen atoms in total. The Hall–Kier alpha value is -3.24. The highest BCUT2D eigenvalue weighted by Gasteiger charge is 2.69. The summed E-state index contributed by atoms with van der Waals surface area (Å²) in [4.78, 5) is 49.2. The first-order chi connectivity index (χ1) is 19.0. The second kappa shape index (κ2) is 9.69. The molecule has 0 bridgehead atoms. The molecule has 3 aliphatic rings. The Labute approximate surface area is 241 Å². The zero-order valence-corrected chi connectivity index (χ0v) is 23.9. The minimum absolute atomic E-state index is 0.0510. The van der Waals surface area contributed by atoms with Gasteiger partial charge in [0.2, 0.25) is 11.8 Å². The van der Waals surface area contributed by atoms with Gasteiger partial charge in [-0.05, 0) is 43.0 Å². The number of Topliss-reactive ketones (excluding diaryl/α,β-unsaturated/α-hetero) is 1. The first-order valence-corrected chi connectivity index (χ1v) is 14.1. The number of carbonyl (C=O) groups is 3. The molecule has 0 unspecified atom stereocenters. The highest BCUT2D eigenvalue weighted by atomic mass is 35.5. The number of nitrogens with one attached hydrogen (secondary N) is 1. The summed E-state index contributed by atoms with van der Waals surface area (Å²) in [6, 6.07) is 6.50. The number of aromatic nitrogens is 4. The van der Waals surface area contributed by atoms with Crippen LogP contribution in [-0.4, -0.2) is 65.2 Å². The molecule has 0 radical (unpaired) electrons. The molecule has 4 atom stereocenters. The molecular formula is C28H30Cl2N6O4. The van der Waals surface area contributed by atoms with Gasteiger partial charge in [0.05, 0.1) is 5.52 Å². The van der Waals surface area contributed by atoms with E-state index >= 15 is 0 Å². The Kier molecular flexibility index (Phi) is 6.53. The fourth-order valence-corrected chi connectivity index (χ4v) is 6.76. The van der Waals surface area contributed by atoms with E-state index in [1.54, 1.807) is 41.6 Å². The zero-order valence-electron chi connectivity index (χ0n) is 22.4. The van der Waals surface area contributed by atoms with Crippen LogP contribution in [0.2, 0.25) is 0 Å². The molecule has 1 saturated heterocycles. The Morgan fingerprint density at radius 1 is 1.15 bits per heavy atom. The normalized spacial score (nSPS) is 25.4. The van der Waals surface area contributed by atoms with Crippen LogP contribution < -0.4 is 10.1 Å². The molecule has 1 N–H and O–H groups in total. The largest absolute Gasteiger partial charge is 0.486 e. The molecule has 3 heterocycles. The number of nitrogens with zero attached hydrogens (tertiary/aromatic N) is 5. The smallest absolute Gasteiger partial charge is 0.245 e. The molecular weight excluding hydrogens is 555 g/mol. The molecule has 6 rings (SSSR count). The Bertz CT molecular complexity index is 1490. The van der Waals surface area contributed by atoms with Crippen molar-refractivity contribution < 1.29 is 19.1 Å². The second-order valence-electron chi connectivity index (χ2n) is 11.5. The third kappa shape index (κ3) is 4.60. The van der Waals surface area contributed by atoms with Gasteiger partial charge in [-0.3, -0.25) is 19.1 Å². The standard InChI is InChI=1S/C28H30Cl2N6O4/c1-15(37)25-18-11-17(40-14-23-31-7-4-8-32-23)5-6-19(18)35(34-25)13-24(38)36-20-9-16(20)10-21(36)26(39)33-12-22-27(2,3)28(22,29)30/h4-8,11,16,20-22H,9-10,12-14H2,1-3H3,(H,33,39)/t16-,20-,21+,22+/m1/s1. The van der Waals surface area contributed by atoms with Gasteiger partial charge in [-0.25, -0.2) is 9.97 Å². The van der Waals surface area contributed by atoms with E-state index in [1.165, 1.54) is 11.6 Å². The molecule has 2 aromatic heterocycles. The van der Waals surface area contributed by atoms with Crippen molar-refractivity contribution in [3.05, 3.63) is 48.2 Å². The predicted molar refractivity (Wildman–Crippen MR) is 148 cm³/mol. The number of halogens is 2. The number of hydrogen-bond donors (Lipinski definition) is 1. The highest BCUT2D eigenvalue weighted by molar-refractivity contribution is 6.51. The lowest BCUT2D eigenvalue weighted by atomic mass is 10.1.